The van der Waals surface area contributed by atoms with Gasteiger partial charge in [0.2, 0.25) is 5.78 Å². The van der Waals surface area contributed by atoms with Crippen molar-refractivity contribution in [3.63, 3.8) is 0 Å². The van der Waals surface area contributed by atoms with Gasteiger partial charge in [-0.05, 0) is 12.1 Å². The first-order valence-corrected chi connectivity index (χ1v) is 5.80. The van der Waals surface area contributed by atoms with Crippen LogP contribution in [0.15, 0.2) is 23.9 Å². The molecule has 0 saturated carbocycles. The third-order valence-corrected chi connectivity index (χ3v) is 2.72. The van der Waals surface area contributed by atoms with E-state index in [1.54, 1.807) is 14.1 Å². The van der Waals surface area contributed by atoms with Crippen molar-refractivity contribution in [2.45, 2.75) is 0 Å². The monoisotopic (exact) mass is 305 g/mol. The number of rotatable bonds is 4. The van der Waals surface area contributed by atoms with Crippen molar-refractivity contribution >= 4 is 35.0 Å². The summed E-state index contributed by atoms with van der Waals surface area (Å²) in [5.74, 6) is -3.16. The molecule has 0 aliphatic carbocycles. The summed E-state index contributed by atoms with van der Waals surface area (Å²) in [6, 6.07) is 1.88. The second-order valence-electron chi connectivity index (χ2n) is 3.89. The fourth-order valence-corrected chi connectivity index (χ4v) is 1.78. The van der Waals surface area contributed by atoms with Gasteiger partial charge in [0.15, 0.2) is 0 Å². The second-order valence-corrected chi connectivity index (χ2v) is 4.70. The summed E-state index contributed by atoms with van der Waals surface area (Å²) in [7, 11) is 3.11. The standard InChI is InChI=1S/C12H10Cl2FNO3/c1-16(2)5-7(12(18)19)11(17)6-3-10(15)9(14)4-8(6)13/h3-5H,1-2H3,(H,18,19)/b7-5+. The van der Waals surface area contributed by atoms with E-state index in [2.05, 4.69) is 0 Å². The van der Waals surface area contributed by atoms with Crippen LogP contribution in [0.1, 0.15) is 10.4 Å². The molecule has 102 valence electrons. The van der Waals surface area contributed by atoms with E-state index in [4.69, 9.17) is 28.3 Å². The van der Waals surface area contributed by atoms with Gasteiger partial charge < -0.3 is 10.0 Å². The zero-order chi connectivity index (χ0) is 14.7. The molecule has 0 unspecified atom stereocenters. The van der Waals surface area contributed by atoms with Crippen LogP contribution in [-0.2, 0) is 4.79 Å². The highest BCUT2D eigenvalue weighted by Gasteiger charge is 2.23. The molecular formula is C12H10Cl2FNO3. The molecular weight excluding hydrogens is 296 g/mol. The van der Waals surface area contributed by atoms with Crippen LogP contribution in [0.3, 0.4) is 0 Å². The Hall–Kier alpha value is -1.59. The summed E-state index contributed by atoms with van der Waals surface area (Å²) in [5, 5.41) is 8.64. The molecule has 1 N–H and O–H groups in total. The van der Waals surface area contributed by atoms with Gasteiger partial charge in [0.25, 0.3) is 0 Å². The number of ketones is 1. The van der Waals surface area contributed by atoms with Crippen molar-refractivity contribution in [3.8, 4) is 0 Å². The number of benzene rings is 1. The molecule has 0 saturated heterocycles. The molecule has 0 fully saturated rings. The molecule has 0 aliphatic rings. The number of carboxylic acid groups (broad SMARTS) is 1. The molecule has 0 spiro atoms. The van der Waals surface area contributed by atoms with Crippen LogP contribution < -0.4 is 0 Å². The molecule has 0 atom stereocenters. The lowest BCUT2D eigenvalue weighted by molar-refractivity contribution is -0.132. The smallest absolute Gasteiger partial charge is 0.341 e. The molecule has 7 heteroatoms. The maximum atomic E-state index is 13.3. The predicted octanol–water partition coefficient (Wildman–Crippen LogP) is 2.85. The molecule has 1 aromatic carbocycles. The maximum absolute atomic E-state index is 13.3. The van der Waals surface area contributed by atoms with Crippen LogP contribution >= 0.6 is 23.2 Å². The number of carbonyl (C=O) groups excluding carboxylic acids is 1. The van der Waals surface area contributed by atoms with Gasteiger partial charge in [0.05, 0.1) is 10.0 Å². The second kappa shape index (κ2) is 6.04. The summed E-state index contributed by atoms with van der Waals surface area (Å²) in [4.78, 5) is 24.5. The van der Waals surface area contributed by atoms with E-state index in [9.17, 15) is 14.0 Å². The molecule has 0 aliphatic heterocycles. The van der Waals surface area contributed by atoms with Crippen LogP contribution in [0.5, 0.6) is 0 Å². The van der Waals surface area contributed by atoms with Gasteiger partial charge in [-0.1, -0.05) is 23.2 Å². The van der Waals surface area contributed by atoms with Crippen molar-refractivity contribution in [1.82, 2.24) is 4.90 Å². The highest BCUT2D eigenvalue weighted by atomic mass is 35.5. The van der Waals surface area contributed by atoms with E-state index in [-0.39, 0.29) is 15.6 Å². The lowest BCUT2D eigenvalue weighted by Crippen LogP contribution is -2.17. The van der Waals surface area contributed by atoms with Crippen molar-refractivity contribution in [3.05, 3.63) is 45.3 Å². The molecule has 1 aromatic rings. The minimum Gasteiger partial charge on any atom is -0.477 e. The van der Waals surface area contributed by atoms with Crippen LogP contribution in [0, 0.1) is 5.82 Å². The zero-order valence-electron chi connectivity index (χ0n) is 10.1. The van der Waals surface area contributed by atoms with Gasteiger partial charge >= 0.3 is 5.97 Å². The first-order valence-electron chi connectivity index (χ1n) is 5.04. The number of carbonyl (C=O) groups is 2. The first-order chi connectivity index (χ1) is 8.73. The number of nitrogens with zero attached hydrogens (tertiary/aromatic N) is 1. The average Bonchev–Trinajstić information content (AvgIpc) is 2.29. The Morgan fingerprint density at radius 1 is 1.26 bits per heavy atom. The van der Waals surface area contributed by atoms with Crippen molar-refractivity contribution in [2.75, 3.05) is 14.1 Å². The van der Waals surface area contributed by atoms with Gasteiger partial charge in [0, 0.05) is 25.9 Å². The van der Waals surface area contributed by atoms with Gasteiger partial charge in [0.1, 0.15) is 11.4 Å². The number of aliphatic carboxylic acids is 1. The van der Waals surface area contributed by atoms with Crippen LogP contribution in [0.2, 0.25) is 10.0 Å². The van der Waals surface area contributed by atoms with Gasteiger partial charge in [-0.25, -0.2) is 9.18 Å². The summed E-state index contributed by atoms with van der Waals surface area (Å²) >= 11 is 11.3. The molecule has 0 radical (unpaired) electrons. The van der Waals surface area contributed by atoms with Crippen LogP contribution in [0.4, 0.5) is 4.39 Å². The van der Waals surface area contributed by atoms with E-state index in [1.807, 2.05) is 0 Å². The Bertz CT molecular complexity index is 570. The van der Waals surface area contributed by atoms with Crippen molar-refractivity contribution in [1.29, 1.82) is 0 Å². The minimum atomic E-state index is -1.43. The molecule has 0 heterocycles. The van der Waals surface area contributed by atoms with Gasteiger partial charge in [-0.15, -0.1) is 0 Å². The van der Waals surface area contributed by atoms with Crippen molar-refractivity contribution in [2.24, 2.45) is 0 Å². The van der Waals surface area contributed by atoms with Crippen LogP contribution in [-0.4, -0.2) is 35.9 Å². The molecule has 0 amide bonds. The Morgan fingerprint density at radius 3 is 2.32 bits per heavy atom. The first kappa shape index (κ1) is 15.5. The fourth-order valence-electron chi connectivity index (χ4n) is 1.31. The summed E-state index contributed by atoms with van der Waals surface area (Å²) in [6.07, 6.45) is 1.12. The van der Waals surface area contributed by atoms with E-state index in [0.717, 1.165) is 18.3 Å². The van der Waals surface area contributed by atoms with Crippen LogP contribution in [0.25, 0.3) is 0 Å². The maximum Gasteiger partial charge on any atom is 0.341 e. The Kier molecular flexibility index (Phi) is 4.91. The normalized spacial score (nSPS) is 11.3. The number of Topliss-reactive ketones (excluding diaryl/α,β-unsaturated/α-hetero) is 1. The molecule has 0 aromatic heterocycles. The van der Waals surface area contributed by atoms with E-state index in [0.29, 0.717) is 0 Å². The number of hydrogen-bond acceptors (Lipinski definition) is 3. The minimum absolute atomic E-state index is 0.109. The third-order valence-electron chi connectivity index (χ3n) is 2.12. The van der Waals surface area contributed by atoms with Gasteiger partial charge in [-0.3, -0.25) is 4.79 Å². The lowest BCUT2D eigenvalue weighted by atomic mass is 10.0. The average molecular weight is 306 g/mol. The molecule has 0 bridgehead atoms. The topological polar surface area (TPSA) is 57.6 Å². The molecule has 19 heavy (non-hydrogen) atoms. The Morgan fingerprint density at radius 2 is 1.84 bits per heavy atom. The summed E-state index contributed by atoms with van der Waals surface area (Å²) < 4.78 is 13.3. The highest BCUT2D eigenvalue weighted by Crippen LogP contribution is 2.26. The SMILES string of the molecule is CN(C)/C=C(/C(=O)O)C(=O)c1cc(F)c(Cl)cc1Cl. The Labute approximate surface area is 119 Å². The molecule has 1 rings (SSSR count). The zero-order valence-corrected chi connectivity index (χ0v) is 11.6. The number of hydrogen-bond donors (Lipinski definition) is 1. The quantitative estimate of drug-likeness (QED) is 0.305. The summed E-state index contributed by atoms with van der Waals surface area (Å²) in [5.41, 5.74) is -0.771. The largest absolute Gasteiger partial charge is 0.477 e. The Balaban J connectivity index is 3.33. The number of carboxylic acids is 1. The van der Waals surface area contributed by atoms with Gasteiger partial charge in [-0.2, -0.15) is 0 Å². The summed E-state index contributed by atoms with van der Waals surface area (Å²) in [6.45, 7) is 0. The predicted molar refractivity (Wildman–Crippen MR) is 70.2 cm³/mol. The fraction of sp³-hybridized carbons (Fsp3) is 0.167. The lowest BCUT2D eigenvalue weighted by Gasteiger charge is -2.09. The number of halogens is 3. The van der Waals surface area contributed by atoms with E-state index in [1.165, 1.54) is 4.90 Å². The third kappa shape index (κ3) is 3.68. The van der Waals surface area contributed by atoms with Crippen molar-refractivity contribution < 1.29 is 19.1 Å². The van der Waals surface area contributed by atoms with E-state index < -0.39 is 23.1 Å². The molecule has 4 nitrogen and oxygen atoms in total. The van der Waals surface area contributed by atoms with E-state index >= 15 is 0 Å². The highest BCUT2D eigenvalue weighted by molar-refractivity contribution is 6.38.